The number of aryl methyl sites for hydroxylation is 1. The molecule has 16 heavy (non-hydrogen) atoms. The molecule has 2 rings (SSSR count). The third-order valence-electron chi connectivity index (χ3n) is 2.13. The second-order valence-electron chi connectivity index (χ2n) is 3.41. The Morgan fingerprint density at radius 1 is 1.38 bits per heavy atom. The molecule has 0 unspecified atom stereocenters. The first kappa shape index (κ1) is 11.6. The maximum Gasteiger partial charge on any atom is 0.140 e. The van der Waals surface area contributed by atoms with Gasteiger partial charge in [0.1, 0.15) is 17.4 Å². The van der Waals surface area contributed by atoms with Crippen molar-refractivity contribution in [3.05, 3.63) is 45.9 Å². The third kappa shape index (κ3) is 2.83. The maximum absolute atomic E-state index is 5.75. The third-order valence-corrected chi connectivity index (χ3v) is 3.68. The Labute approximate surface area is 107 Å². The molecule has 0 N–H and O–H groups in total. The van der Waals surface area contributed by atoms with Gasteiger partial charge >= 0.3 is 0 Å². The second-order valence-corrected chi connectivity index (χ2v) is 4.92. The first-order valence-corrected chi connectivity index (χ1v) is 6.97. The Morgan fingerprint density at radius 2 is 2.19 bits per heavy atom. The minimum Gasteiger partial charge on any atom is -0.486 e. The highest BCUT2D eigenvalue weighted by atomic mass is 79.9. The average Bonchev–Trinajstić information content (AvgIpc) is 2.73. The first-order chi connectivity index (χ1) is 7.79. The predicted molar refractivity (Wildman–Crippen MR) is 70.3 cm³/mol. The van der Waals surface area contributed by atoms with Gasteiger partial charge < -0.3 is 4.74 Å². The molecule has 1 aromatic heterocycles. The Bertz CT molecular complexity index is 470. The predicted octanol–water partition coefficient (Wildman–Crippen LogP) is 3.93. The molecule has 0 amide bonds. The van der Waals surface area contributed by atoms with Crippen LogP contribution in [0.15, 0.2) is 29.6 Å². The second kappa shape index (κ2) is 5.46. The SMILES string of the molecule is Cc1csc(COc2ccccc2CBr)n1. The van der Waals surface area contributed by atoms with E-state index in [1.807, 2.05) is 30.5 Å². The molecule has 0 bridgehead atoms. The number of rotatable bonds is 4. The molecular formula is C12H12BrNOS. The van der Waals surface area contributed by atoms with E-state index in [4.69, 9.17) is 4.74 Å². The minimum atomic E-state index is 0.544. The van der Waals surface area contributed by atoms with E-state index < -0.39 is 0 Å². The molecule has 0 saturated carbocycles. The lowest BCUT2D eigenvalue weighted by Gasteiger charge is -2.07. The summed E-state index contributed by atoms with van der Waals surface area (Å²) in [5.74, 6) is 0.923. The molecule has 1 aromatic carbocycles. The molecule has 4 heteroatoms. The van der Waals surface area contributed by atoms with Crippen LogP contribution in [0.4, 0.5) is 0 Å². The summed E-state index contributed by atoms with van der Waals surface area (Å²) in [6.45, 7) is 2.54. The van der Waals surface area contributed by atoms with E-state index in [1.165, 1.54) is 0 Å². The van der Waals surface area contributed by atoms with Crippen LogP contribution in [0, 0.1) is 6.92 Å². The number of halogens is 1. The van der Waals surface area contributed by atoms with Gasteiger partial charge in [-0.05, 0) is 13.0 Å². The van der Waals surface area contributed by atoms with Gasteiger partial charge in [-0.2, -0.15) is 0 Å². The smallest absolute Gasteiger partial charge is 0.140 e. The minimum absolute atomic E-state index is 0.544. The van der Waals surface area contributed by atoms with Crippen LogP contribution in [0.2, 0.25) is 0 Å². The number of alkyl halides is 1. The number of thiazole rings is 1. The van der Waals surface area contributed by atoms with E-state index in [2.05, 4.69) is 27.0 Å². The van der Waals surface area contributed by atoms with E-state index in [9.17, 15) is 0 Å². The lowest BCUT2D eigenvalue weighted by Crippen LogP contribution is -1.97. The number of nitrogens with zero attached hydrogens (tertiary/aromatic N) is 1. The molecule has 2 nitrogen and oxygen atoms in total. The molecule has 0 aliphatic heterocycles. The van der Waals surface area contributed by atoms with Gasteiger partial charge in [-0.25, -0.2) is 4.98 Å². The molecule has 0 radical (unpaired) electrons. The van der Waals surface area contributed by atoms with E-state index >= 15 is 0 Å². The van der Waals surface area contributed by atoms with E-state index in [0.717, 1.165) is 27.3 Å². The molecular weight excluding hydrogens is 286 g/mol. The zero-order valence-electron chi connectivity index (χ0n) is 8.94. The molecule has 0 atom stereocenters. The van der Waals surface area contributed by atoms with Crippen LogP contribution in [0.1, 0.15) is 16.3 Å². The molecule has 0 aliphatic rings. The fraction of sp³-hybridized carbons (Fsp3) is 0.250. The highest BCUT2D eigenvalue weighted by molar-refractivity contribution is 9.08. The van der Waals surface area contributed by atoms with Gasteiger partial charge in [0.2, 0.25) is 0 Å². The van der Waals surface area contributed by atoms with E-state index in [-0.39, 0.29) is 0 Å². The van der Waals surface area contributed by atoms with Crippen molar-refractivity contribution in [2.75, 3.05) is 0 Å². The van der Waals surface area contributed by atoms with E-state index in [0.29, 0.717) is 6.61 Å². The molecule has 2 aromatic rings. The lowest BCUT2D eigenvalue weighted by molar-refractivity contribution is 0.303. The van der Waals surface area contributed by atoms with Crippen LogP contribution in [0.5, 0.6) is 5.75 Å². The van der Waals surface area contributed by atoms with Gasteiger partial charge in [-0.1, -0.05) is 34.1 Å². The van der Waals surface area contributed by atoms with Crippen LogP contribution in [-0.4, -0.2) is 4.98 Å². The summed E-state index contributed by atoms with van der Waals surface area (Å²) in [6.07, 6.45) is 0. The van der Waals surface area contributed by atoms with Gasteiger partial charge in [-0.15, -0.1) is 11.3 Å². The fourth-order valence-electron chi connectivity index (χ4n) is 1.36. The molecule has 0 aliphatic carbocycles. The summed E-state index contributed by atoms with van der Waals surface area (Å²) in [6, 6.07) is 8.03. The van der Waals surface area contributed by atoms with Crippen LogP contribution in [-0.2, 0) is 11.9 Å². The molecule has 0 spiro atoms. The molecule has 84 valence electrons. The summed E-state index contributed by atoms with van der Waals surface area (Å²) >= 11 is 5.08. The number of hydrogen-bond acceptors (Lipinski definition) is 3. The topological polar surface area (TPSA) is 22.1 Å². The quantitative estimate of drug-likeness (QED) is 0.798. The van der Waals surface area contributed by atoms with Gasteiger partial charge in [0.25, 0.3) is 0 Å². The highest BCUT2D eigenvalue weighted by Gasteiger charge is 2.03. The standard InChI is InChI=1S/C12H12BrNOS/c1-9-8-16-12(14-9)7-15-11-5-3-2-4-10(11)6-13/h2-5,8H,6-7H2,1H3. The molecule has 0 fully saturated rings. The van der Waals surface area contributed by atoms with Crippen LogP contribution < -0.4 is 4.74 Å². The van der Waals surface area contributed by atoms with Crippen molar-refractivity contribution in [1.29, 1.82) is 0 Å². The van der Waals surface area contributed by atoms with Gasteiger partial charge in [0.05, 0.1) is 0 Å². The maximum atomic E-state index is 5.75. The van der Waals surface area contributed by atoms with Gasteiger partial charge in [0, 0.05) is 22.0 Å². The Morgan fingerprint density at radius 3 is 2.88 bits per heavy atom. The van der Waals surface area contributed by atoms with Crippen LogP contribution in [0.25, 0.3) is 0 Å². The normalized spacial score (nSPS) is 10.4. The van der Waals surface area contributed by atoms with Crippen molar-refractivity contribution in [1.82, 2.24) is 4.98 Å². The molecule has 0 saturated heterocycles. The lowest BCUT2D eigenvalue weighted by atomic mass is 10.2. The van der Waals surface area contributed by atoms with Gasteiger partial charge in [-0.3, -0.25) is 0 Å². The summed E-state index contributed by atoms with van der Waals surface area (Å²) in [5, 5.41) is 3.86. The number of benzene rings is 1. The fourth-order valence-corrected chi connectivity index (χ4v) is 2.51. The summed E-state index contributed by atoms with van der Waals surface area (Å²) in [5.41, 5.74) is 2.22. The zero-order valence-corrected chi connectivity index (χ0v) is 11.3. The number of hydrogen-bond donors (Lipinski definition) is 0. The van der Waals surface area contributed by atoms with Crippen LogP contribution >= 0.6 is 27.3 Å². The summed E-state index contributed by atoms with van der Waals surface area (Å²) < 4.78 is 5.75. The van der Waals surface area contributed by atoms with E-state index in [1.54, 1.807) is 11.3 Å². The highest BCUT2D eigenvalue weighted by Crippen LogP contribution is 2.22. The number of ether oxygens (including phenoxy) is 1. The van der Waals surface area contributed by atoms with Crippen molar-refractivity contribution >= 4 is 27.3 Å². The molecule has 1 heterocycles. The summed E-state index contributed by atoms with van der Waals surface area (Å²) in [4.78, 5) is 4.36. The van der Waals surface area contributed by atoms with Crippen molar-refractivity contribution in [2.45, 2.75) is 18.9 Å². The number of para-hydroxylation sites is 1. The van der Waals surface area contributed by atoms with Gasteiger partial charge in [0.15, 0.2) is 0 Å². The average molecular weight is 298 g/mol. The Hall–Kier alpha value is -0.870. The first-order valence-electron chi connectivity index (χ1n) is 4.97. The monoisotopic (exact) mass is 297 g/mol. The van der Waals surface area contributed by atoms with Crippen molar-refractivity contribution in [3.8, 4) is 5.75 Å². The summed E-state index contributed by atoms with van der Waals surface area (Å²) in [7, 11) is 0. The Kier molecular flexibility index (Phi) is 3.96. The zero-order chi connectivity index (χ0) is 11.4. The van der Waals surface area contributed by atoms with Crippen molar-refractivity contribution in [3.63, 3.8) is 0 Å². The van der Waals surface area contributed by atoms with Crippen LogP contribution in [0.3, 0.4) is 0 Å². The number of aromatic nitrogens is 1. The van der Waals surface area contributed by atoms with Crippen molar-refractivity contribution < 1.29 is 4.74 Å². The Balaban J connectivity index is 2.04. The largest absolute Gasteiger partial charge is 0.486 e. The van der Waals surface area contributed by atoms with Crippen molar-refractivity contribution in [2.24, 2.45) is 0 Å².